The van der Waals surface area contributed by atoms with Gasteiger partial charge in [-0.25, -0.2) is 8.42 Å². The number of halogens is 1. The molecule has 1 unspecified atom stereocenters. The third-order valence-electron chi connectivity index (χ3n) is 5.98. The first kappa shape index (κ1) is 30.8. The average molecular weight is 632 g/mol. The van der Waals surface area contributed by atoms with Crippen molar-refractivity contribution >= 4 is 49.1 Å². The van der Waals surface area contributed by atoms with E-state index in [2.05, 4.69) is 21.2 Å². The fraction of sp³-hybridized carbons (Fsp3) is 0.286. The van der Waals surface area contributed by atoms with E-state index in [0.717, 1.165) is 32.2 Å². The zero-order valence-corrected chi connectivity index (χ0v) is 24.8. The summed E-state index contributed by atoms with van der Waals surface area (Å²) in [6.07, 6.45) is 1.11. The van der Waals surface area contributed by atoms with Gasteiger partial charge in [-0.3, -0.25) is 24.0 Å². The highest BCUT2D eigenvalue weighted by Gasteiger charge is 2.33. The van der Waals surface area contributed by atoms with E-state index in [9.17, 15) is 28.1 Å². The number of carbonyl (C=O) groups excluding carboxylic acids is 2. The molecule has 212 valence electrons. The number of nitrogens with zero attached hydrogens (tertiary/aromatic N) is 3. The number of nitrogens with one attached hydrogen (secondary N) is 1. The molecule has 1 N–H and O–H groups in total. The second kappa shape index (κ2) is 13.5. The predicted molar refractivity (Wildman–Crippen MR) is 157 cm³/mol. The second-order valence-electron chi connectivity index (χ2n) is 9.56. The number of non-ortho nitro benzene ring substituents is 1. The van der Waals surface area contributed by atoms with Crippen molar-refractivity contribution in [3.05, 3.63) is 105 Å². The van der Waals surface area contributed by atoms with Gasteiger partial charge < -0.3 is 10.2 Å². The number of amides is 2. The van der Waals surface area contributed by atoms with E-state index in [0.29, 0.717) is 0 Å². The fourth-order valence-electron chi connectivity index (χ4n) is 4.10. The van der Waals surface area contributed by atoms with E-state index in [1.807, 2.05) is 56.3 Å². The zero-order valence-electron chi connectivity index (χ0n) is 22.4. The summed E-state index contributed by atoms with van der Waals surface area (Å²) in [5.74, 6) is -1.02. The highest BCUT2D eigenvalue weighted by Crippen LogP contribution is 2.24. The Morgan fingerprint density at radius 1 is 0.975 bits per heavy atom. The van der Waals surface area contributed by atoms with Crippen molar-refractivity contribution in [2.45, 2.75) is 38.9 Å². The first-order chi connectivity index (χ1) is 18.8. The molecular formula is C28H31BrN4O6S. The predicted octanol–water partition coefficient (Wildman–Crippen LogP) is 4.29. The molecule has 0 fully saturated rings. The number of nitro benzene ring substituents is 1. The molecule has 0 saturated heterocycles. The van der Waals surface area contributed by atoms with E-state index in [-0.39, 0.29) is 36.3 Å². The lowest BCUT2D eigenvalue weighted by Crippen LogP contribution is -2.54. The van der Waals surface area contributed by atoms with Crippen LogP contribution in [0.1, 0.15) is 25.0 Å². The van der Waals surface area contributed by atoms with Crippen LogP contribution in [0.4, 0.5) is 11.4 Å². The van der Waals surface area contributed by atoms with Crippen LogP contribution in [0, 0.1) is 10.1 Å². The fourth-order valence-corrected chi connectivity index (χ4v) is 5.20. The molecule has 0 spiro atoms. The van der Waals surface area contributed by atoms with Gasteiger partial charge in [-0.05, 0) is 43.2 Å². The summed E-state index contributed by atoms with van der Waals surface area (Å²) in [6.45, 7) is 3.00. The van der Waals surface area contributed by atoms with E-state index in [1.165, 1.54) is 23.1 Å². The molecule has 0 aliphatic heterocycles. The van der Waals surface area contributed by atoms with Gasteiger partial charge >= 0.3 is 0 Å². The summed E-state index contributed by atoms with van der Waals surface area (Å²) in [7, 11) is -4.03. The van der Waals surface area contributed by atoms with Crippen molar-refractivity contribution in [1.29, 1.82) is 0 Å². The maximum absolute atomic E-state index is 14.0. The van der Waals surface area contributed by atoms with Crippen molar-refractivity contribution in [2.75, 3.05) is 17.1 Å². The third kappa shape index (κ3) is 8.62. The molecule has 3 aromatic rings. The molecule has 0 saturated carbocycles. The van der Waals surface area contributed by atoms with E-state index in [4.69, 9.17) is 0 Å². The lowest BCUT2D eigenvalue weighted by molar-refractivity contribution is -0.384. The van der Waals surface area contributed by atoms with Crippen LogP contribution < -0.4 is 9.62 Å². The Balaban J connectivity index is 2.07. The standard InChI is InChI=1S/C28H31BrN4O6S/c1-20(2)30-28(35)26(16-21-8-5-4-6-9-21)31(18-22-12-14-23(29)15-13-22)27(34)19-32(40(3,38)39)24-10-7-11-25(17-24)33(36)37/h4-15,17,20,26H,16,18-19H2,1-3H3,(H,30,35). The number of rotatable bonds is 12. The quantitative estimate of drug-likeness (QED) is 0.235. The number of sulfonamides is 1. The molecule has 10 nitrogen and oxygen atoms in total. The van der Waals surface area contributed by atoms with Crippen molar-refractivity contribution in [1.82, 2.24) is 10.2 Å². The maximum Gasteiger partial charge on any atom is 0.271 e. The van der Waals surface area contributed by atoms with Gasteiger partial charge in [-0.2, -0.15) is 0 Å². The maximum atomic E-state index is 14.0. The molecular weight excluding hydrogens is 600 g/mol. The summed E-state index contributed by atoms with van der Waals surface area (Å²) in [4.78, 5) is 39.5. The smallest absolute Gasteiger partial charge is 0.271 e. The molecule has 0 bridgehead atoms. The summed E-state index contributed by atoms with van der Waals surface area (Å²) >= 11 is 3.39. The molecule has 0 aliphatic rings. The van der Waals surface area contributed by atoms with E-state index in [1.54, 1.807) is 12.1 Å². The van der Waals surface area contributed by atoms with Crippen LogP contribution in [-0.2, 0) is 32.6 Å². The minimum absolute atomic E-state index is 0.0279. The van der Waals surface area contributed by atoms with Crippen LogP contribution in [0.5, 0.6) is 0 Å². The van der Waals surface area contributed by atoms with Gasteiger partial charge in [0.1, 0.15) is 12.6 Å². The Morgan fingerprint density at radius 3 is 2.20 bits per heavy atom. The average Bonchev–Trinajstić information content (AvgIpc) is 2.89. The minimum Gasteiger partial charge on any atom is -0.352 e. The van der Waals surface area contributed by atoms with Crippen molar-refractivity contribution < 1.29 is 22.9 Å². The topological polar surface area (TPSA) is 130 Å². The van der Waals surface area contributed by atoms with Gasteiger partial charge in [-0.1, -0.05) is 64.5 Å². The number of benzene rings is 3. The summed E-state index contributed by atoms with van der Waals surface area (Å²) in [5.41, 5.74) is 1.20. The van der Waals surface area contributed by atoms with E-state index < -0.39 is 33.4 Å². The van der Waals surface area contributed by atoms with Gasteiger partial charge in [0.15, 0.2) is 0 Å². The summed E-state index contributed by atoms with van der Waals surface area (Å²) < 4.78 is 27.3. The lowest BCUT2D eigenvalue weighted by atomic mass is 10.0. The first-order valence-electron chi connectivity index (χ1n) is 12.5. The van der Waals surface area contributed by atoms with Crippen molar-refractivity contribution in [3.63, 3.8) is 0 Å². The second-order valence-corrected chi connectivity index (χ2v) is 12.4. The Hall–Kier alpha value is -3.77. The number of hydrogen-bond donors (Lipinski definition) is 1. The van der Waals surface area contributed by atoms with Gasteiger partial charge in [-0.15, -0.1) is 0 Å². The van der Waals surface area contributed by atoms with Crippen LogP contribution in [0.25, 0.3) is 0 Å². The van der Waals surface area contributed by atoms with Crippen LogP contribution >= 0.6 is 15.9 Å². The van der Waals surface area contributed by atoms with Crippen LogP contribution in [0.2, 0.25) is 0 Å². The van der Waals surface area contributed by atoms with Gasteiger partial charge in [0.05, 0.1) is 16.9 Å². The summed E-state index contributed by atoms with van der Waals surface area (Å²) in [5, 5.41) is 14.2. The molecule has 2 amide bonds. The molecule has 12 heteroatoms. The Morgan fingerprint density at radius 2 is 1.62 bits per heavy atom. The number of carbonyl (C=O) groups is 2. The SMILES string of the molecule is CC(C)NC(=O)C(Cc1ccccc1)N(Cc1ccc(Br)cc1)C(=O)CN(c1cccc([N+](=O)[O-])c1)S(C)(=O)=O. The molecule has 0 radical (unpaired) electrons. The Labute approximate surface area is 242 Å². The number of anilines is 1. The van der Waals surface area contributed by atoms with Crippen molar-refractivity contribution in [3.8, 4) is 0 Å². The zero-order chi connectivity index (χ0) is 29.4. The molecule has 3 rings (SSSR count). The van der Waals surface area contributed by atoms with Gasteiger partial charge in [0.25, 0.3) is 5.69 Å². The number of nitro groups is 1. The van der Waals surface area contributed by atoms with Crippen molar-refractivity contribution in [2.24, 2.45) is 0 Å². The molecule has 0 aromatic heterocycles. The highest BCUT2D eigenvalue weighted by atomic mass is 79.9. The van der Waals surface area contributed by atoms with Crippen LogP contribution in [0.15, 0.2) is 83.3 Å². The monoisotopic (exact) mass is 630 g/mol. The Kier molecular flexibility index (Phi) is 10.4. The molecule has 0 heterocycles. The highest BCUT2D eigenvalue weighted by molar-refractivity contribution is 9.10. The molecule has 1 atom stereocenters. The third-order valence-corrected chi connectivity index (χ3v) is 7.65. The van der Waals surface area contributed by atoms with Crippen LogP contribution in [-0.4, -0.2) is 54.9 Å². The van der Waals surface area contributed by atoms with Gasteiger partial charge in [0, 0.05) is 35.6 Å². The van der Waals surface area contributed by atoms with E-state index >= 15 is 0 Å². The van der Waals surface area contributed by atoms with Gasteiger partial charge in [0.2, 0.25) is 21.8 Å². The normalized spacial score (nSPS) is 12.0. The molecule has 0 aliphatic carbocycles. The molecule has 40 heavy (non-hydrogen) atoms. The molecule has 3 aromatic carbocycles. The Bertz CT molecular complexity index is 1450. The minimum atomic E-state index is -4.03. The van der Waals surface area contributed by atoms with Crippen LogP contribution in [0.3, 0.4) is 0 Å². The lowest BCUT2D eigenvalue weighted by Gasteiger charge is -2.34. The first-order valence-corrected chi connectivity index (χ1v) is 15.1. The number of hydrogen-bond acceptors (Lipinski definition) is 6. The summed E-state index contributed by atoms with van der Waals surface area (Å²) in [6, 6.07) is 20.3. The largest absolute Gasteiger partial charge is 0.352 e.